The van der Waals surface area contributed by atoms with Crippen molar-refractivity contribution in [2.45, 2.75) is 5.41 Å². The predicted octanol–water partition coefficient (Wildman–Crippen LogP) is 3.43. The lowest BCUT2D eigenvalue weighted by molar-refractivity contribution is -0.0298. The highest BCUT2D eigenvalue weighted by Gasteiger charge is 2.43. The fraction of sp³-hybridized carbons (Fsp3) is 0.273. The van der Waals surface area contributed by atoms with Crippen molar-refractivity contribution < 1.29 is 4.74 Å². The molecule has 3 rings (SSSR count). The molecule has 0 N–H and O–H groups in total. The Labute approximate surface area is 115 Å². The molecule has 17 heavy (non-hydrogen) atoms. The molecule has 0 radical (unpaired) electrons. The molecule has 0 aromatic carbocycles. The van der Waals surface area contributed by atoms with Gasteiger partial charge >= 0.3 is 0 Å². The third-order valence-corrected chi connectivity index (χ3v) is 5.34. The van der Waals surface area contributed by atoms with Gasteiger partial charge in [0.05, 0.1) is 33.6 Å². The van der Waals surface area contributed by atoms with Gasteiger partial charge in [0, 0.05) is 5.38 Å². The van der Waals surface area contributed by atoms with E-state index in [1.54, 1.807) is 11.3 Å². The number of thiophene rings is 1. The number of nitriles is 1. The van der Waals surface area contributed by atoms with Gasteiger partial charge in [0.2, 0.25) is 0 Å². The lowest BCUT2D eigenvalue weighted by Gasteiger charge is -2.32. The van der Waals surface area contributed by atoms with Crippen molar-refractivity contribution in [2.24, 2.45) is 0 Å². The Morgan fingerprint density at radius 3 is 2.82 bits per heavy atom. The number of hydrogen-bond donors (Lipinski definition) is 0. The molecule has 3 heterocycles. The number of nitrogens with zero attached hydrogens (tertiary/aromatic N) is 2. The first-order chi connectivity index (χ1) is 8.23. The summed E-state index contributed by atoms with van der Waals surface area (Å²) in [5.74, 6) is 0. The average Bonchev–Trinajstić information content (AvgIpc) is 2.86. The van der Waals surface area contributed by atoms with Crippen LogP contribution in [0.4, 0.5) is 0 Å². The van der Waals surface area contributed by atoms with Crippen molar-refractivity contribution >= 4 is 38.6 Å². The third-order valence-electron chi connectivity index (χ3n) is 2.65. The van der Waals surface area contributed by atoms with E-state index < -0.39 is 5.41 Å². The number of aromatic nitrogens is 1. The highest BCUT2D eigenvalue weighted by Crippen LogP contribution is 2.37. The topological polar surface area (TPSA) is 45.9 Å². The number of rotatable bonds is 2. The Hall–Kier alpha value is -0.740. The van der Waals surface area contributed by atoms with E-state index in [1.165, 1.54) is 11.3 Å². The fourth-order valence-electron chi connectivity index (χ4n) is 1.60. The van der Waals surface area contributed by atoms with Crippen molar-refractivity contribution in [3.63, 3.8) is 0 Å². The van der Waals surface area contributed by atoms with Crippen molar-refractivity contribution in [3.05, 3.63) is 26.3 Å². The van der Waals surface area contributed by atoms with Crippen LogP contribution in [0, 0.1) is 11.3 Å². The molecule has 2 aromatic rings. The monoisotopic (exact) mass is 326 g/mol. The second-order valence-corrected chi connectivity index (χ2v) is 7.15. The minimum absolute atomic E-state index is 0.463. The number of ether oxygens (including phenoxy) is 1. The molecule has 0 unspecified atom stereocenters. The van der Waals surface area contributed by atoms with Gasteiger partial charge in [0.1, 0.15) is 5.01 Å². The highest BCUT2D eigenvalue weighted by molar-refractivity contribution is 9.11. The summed E-state index contributed by atoms with van der Waals surface area (Å²) in [6.07, 6.45) is 0. The lowest BCUT2D eigenvalue weighted by atomic mass is 9.89. The van der Waals surface area contributed by atoms with Gasteiger partial charge in [-0.1, -0.05) is 0 Å². The highest BCUT2D eigenvalue weighted by atomic mass is 79.9. The first kappa shape index (κ1) is 11.4. The number of halogens is 1. The lowest BCUT2D eigenvalue weighted by Crippen LogP contribution is -2.45. The maximum absolute atomic E-state index is 9.21. The molecular formula is C11H7BrN2OS2. The van der Waals surface area contributed by atoms with Gasteiger partial charge in [0.25, 0.3) is 0 Å². The second kappa shape index (κ2) is 4.18. The van der Waals surface area contributed by atoms with Crippen LogP contribution in [-0.2, 0) is 10.2 Å². The summed E-state index contributed by atoms with van der Waals surface area (Å²) in [7, 11) is 0. The fourth-order valence-corrected chi connectivity index (χ4v) is 3.97. The summed E-state index contributed by atoms with van der Waals surface area (Å²) in [5, 5.41) is 12.1. The maximum atomic E-state index is 9.21. The first-order valence-electron chi connectivity index (χ1n) is 4.94. The molecule has 0 atom stereocenters. The molecule has 1 saturated heterocycles. The van der Waals surface area contributed by atoms with Crippen LogP contribution in [0.25, 0.3) is 10.6 Å². The van der Waals surface area contributed by atoms with E-state index in [2.05, 4.69) is 27.0 Å². The molecule has 6 heteroatoms. The smallest absolute Gasteiger partial charge is 0.155 e. The van der Waals surface area contributed by atoms with E-state index >= 15 is 0 Å². The Morgan fingerprint density at radius 1 is 1.47 bits per heavy atom. The van der Waals surface area contributed by atoms with Gasteiger partial charge in [-0.3, -0.25) is 0 Å². The second-order valence-electron chi connectivity index (χ2n) is 3.83. The van der Waals surface area contributed by atoms with Crippen LogP contribution < -0.4 is 0 Å². The van der Waals surface area contributed by atoms with Crippen LogP contribution in [0.1, 0.15) is 5.01 Å². The summed E-state index contributed by atoms with van der Waals surface area (Å²) in [4.78, 5) is 5.68. The van der Waals surface area contributed by atoms with Crippen LogP contribution >= 0.6 is 38.6 Å². The Balaban J connectivity index is 1.96. The van der Waals surface area contributed by atoms with Crippen molar-refractivity contribution in [1.82, 2.24) is 4.98 Å². The first-order valence-corrected chi connectivity index (χ1v) is 7.43. The predicted molar refractivity (Wildman–Crippen MR) is 71.2 cm³/mol. The van der Waals surface area contributed by atoms with Gasteiger partial charge in [0.15, 0.2) is 5.41 Å². The van der Waals surface area contributed by atoms with E-state index in [4.69, 9.17) is 4.74 Å². The van der Waals surface area contributed by atoms with Gasteiger partial charge in [-0.2, -0.15) is 5.26 Å². The minimum atomic E-state index is -0.503. The Bertz CT molecular complexity index is 595. The van der Waals surface area contributed by atoms with Crippen LogP contribution in [-0.4, -0.2) is 18.2 Å². The summed E-state index contributed by atoms with van der Waals surface area (Å²) < 4.78 is 6.23. The van der Waals surface area contributed by atoms with Crippen LogP contribution in [0.15, 0.2) is 21.3 Å². The molecule has 0 saturated carbocycles. The molecule has 1 fully saturated rings. The van der Waals surface area contributed by atoms with Gasteiger partial charge in [-0.15, -0.1) is 22.7 Å². The van der Waals surface area contributed by atoms with E-state index in [0.717, 1.165) is 19.4 Å². The van der Waals surface area contributed by atoms with Crippen LogP contribution in [0.3, 0.4) is 0 Å². The van der Waals surface area contributed by atoms with Crippen LogP contribution in [0.2, 0.25) is 0 Å². The molecule has 3 nitrogen and oxygen atoms in total. The largest absolute Gasteiger partial charge is 0.377 e. The zero-order valence-electron chi connectivity index (χ0n) is 8.64. The summed E-state index contributed by atoms with van der Waals surface area (Å²) in [6, 6.07) is 6.36. The average molecular weight is 327 g/mol. The number of hydrogen-bond acceptors (Lipinski definition) is 5. The SMILES string of the molecule is N#CC1(c2nc(-c3ccc(Br)s3)cs2)COC1. The van der Waals surface area contributed by atoms with Crippen molar-refractivity contribution in [2.75, 3.05) is 13.2 Å². The van der Waals surface area contributed by atoms with Crippen LogP contribution in [0.5, 0.6) is 0 Å². The molecule has 0 amide bonds. The molecule has 0 bridgehead atoms. The molecular weight excluding hydrogens is 320 g/mol. The molecule has 0 spiro atoms. The minimum Gasteiger partial charge on any atom is -0.377 e. The number of thiazole rings is 1. The van der Waals surface area contributed by atoms with Gasteiger partial charge in [-0.05, 0) is 28.1 Å². The van der Waals surface area contributed by atoms with E-state index in [-0.39, 0.29) is 0 Å². The molecule has 1 aliphatic rings. The van der Waals surface area contributed by atoms with E-state index in [9.17, 15) is 5.26 Å². The normalized spacial score (nSPS) is 17.4. The standard InChI is InChI=1S/C11H7BrN2OS2/c12-9-2-1-8(17-9)7-3-16-10(14-7)11(4-13)5-15-6-11/h1-3H,5-6H2. The summed E-state index contributed by atoms with van der Waals surface area (Å²) >= 11 is 6.62. The Kier molecular flexibility index (Phi) is 2.79. The molecule has 2 aromatic heterocycles. The molecule has 1 aliphatic heterocycles. The zero-order chi connectivity index (χ0) is 11.9. The van der Waals surface area contributed by atoms with Crippen molar-refractivity contribution in [1.29, 1.82) is 5.26 Å². The quantitative estimate of drug-likeness (QED) is 0.849. The van der Waals surface area contributed by atoms with E-state index in [0.29, 0.717) is 13.2 Å². The summed E-state index contributed by atoms with van der Waals surface area (Å²) in [6.45, 7) is 0.926. The van der Waals surface area contributed by atoms with Gasteiger partial charge in [-0.25, -0.2) is 4.98 Å². The van der Waals surface area contributed by atoms with Gasteiger partial charge < -0.3 is 4.74 Å². The molecule has 0 aliphatic carbocycles. The molecule has 86 valence electrons. The summed E-state index contributed by atoms with van der Waals surface area (Å²) in [5.41, 5.74) is 0.444. The third kappa shape index (κ3) is 1.83. The zero-order valence-corrected chi connectivity index (χ0v) is 11.9. The van der Waals surface area contributed by atoms with E-state index in [1.807, 2.05) is 17.5 Å². The Morgan fingerprint density at radius 2 is 2.29 bits per heavy atom. The van der Waals surface area contributed by atoms with Crippen molar-refractivity contribution in [3.8, 4) is 16.6 Å². The maximum Gasteiger partial charge on any atom is 0.155 e.